The zero-order chi connectivity index (χ0) is 11.5. The molecule has 2 rings (SSSR count). The van der Waals surface area contributed by atoms with E-state index in [1.807, 2.05) is 0 Å². The Kier molecular flexibility index (Phi) is 4.00. The lowest BCUT2D eigenvalue weighted by molar-refractivity contribution is 0.478. The number of benzene rings is 1. The Balaban J connectivity index is 2.13. The molecule has 0 bridgehead atoms. The number of nitrogens with one attached hydrogen (secondary N) is 2. The quantitative estimate of drug-likeness (QED) is 0.891. The second-order valence-corrected chi connectivity index (χ2v) is 5.65. The molecule has 3 heteroatoms. The Morgan fingerprint density at radius 3 is 3.06 bits per heavy atom. The molecular formula is C13H19BrN2. The minimum Gasteiger partial charge on any atom is -0.314 e. The Labute approximate surface area is 106 Å². The van der Waals surface area contributed by atoms with Crippen molar-refractivity contribution < 1.29 is 0 Å². The monoisotopic (exact) mass is 282 g/mol. The van der Waals surface area contributed by atoms with Gasteiger partial charge in [0.15, 0.2) is 0 Å². The molecule has 0 radical (unpaired) electrons. The van der Waals surface area contributed by atoms with Crippen LogP contribution in [0.25, 0.3) is 0 Å². The van der Waals surface area contributed by atoms with Gasteiger partial charge in [0.2, 0.25) is 0 Å². The largest absolute Gasteiger partial charge is 0.314 e. The van der Waals surface area contributed by atoms with E-state index >= 15 is 0 Å². The molecule has 2 nitrogen and oxygen atoms in total. The fraction of sp³-hybridized carbons (Fsp3) is 0.538. The van der Waals surface area contributed by atoms with Gasteiger partial charge >= 0.3 is 0 Å². The lowest BCUT2D eigenvalue weighted by Gasteiger charge is -2.27. The summed E-state index contributed by atoms with van der Waals surface area (Å²) in [5, 5.41) is 7.00. The molecule has 0 fully saturated rings. The van der Waals surface area contributed by atoms with Crippen LogP contribution in [-0.2, 0) is 6.54 Å². The first kappa shape index (κ1) is 12.1. The van der Waals surface area contributed by atoms with Gasteiger partial charge in [0, 0.05) is 36.1 Å². The highest BCUT2D eigenvalue weighted by Gasteiger charge is 2.19. The minimum atomic E-state index is 0.556. The van der Waals surface area contributed by atoms with Gasteiger partial charge in [-0.05, 0) is 23.3 Å². The van der Waals surface area contributed by atoms with Crippen molar-refractivity contribution in [1.29, 1.82) is 0 Å². The van der Waals surface area contributed by atoms with Crippen LogP contribution in [0.3, 0.4) is 0 Å². The van der Waals surface area contributed by atoms with Gasteiger partial charge in [0.1, 0.15) is 0 Å². The average molecular weight is 283 g/mol. The molecule has 1 aromatic rings. The summed E-state index contributed by atoms with van der Waals surface area (Å²) in [5.74, 6) is 0.597. The number of hydrogen-bond acceptors (Lipinski definition) is 2. The van der Waals surface area contributed by atoms with Crippen molar-refractivity contribution in [3.63, 3.8) is 0 Å². The number of rotatable bonds is 3. The van der Waals surface area contributed by atoms with E-state index in [0.29, 0.717) is 12.0 Å². The summed E-state index contributed by atoms with van der Waals surface area (Å²) in [6.07, 6.45) is 0. The summed E-state index contributed by atoms with van der Waals surface area (Å²) in [6.45, 7) is 7.51. The first-order chi connectivity index (χ1) is 7.66. The van der Waals surface area contributed by atoms with E-state index in [1.54, 1.807) is 0 Å². The summed E-state index contributed by atoms with van der Waals surface area (Å²) in [7, 11) is 0. The highest BCUT2D eigenvalue weighted by molar-refractivity contribution is 9.10. The van der Waals surface area contributed by atoms with Crippen LogP contribution in [0, 0.1) is 0 Å². The van der Waals surface area contributed by atoms with Crippen LogP contribution in [-0.4, -0.2) is 19.1 Å². The molecule has 1 aromatic carbocycles. The molecule has 1 unspecified atom stereocenters. The maximum atomic E-state index is 3.53. The van der Waals surface area contributed by atoms with Crippen molar-refractivity contribution in [3.8, 4) is 0 Å². The molecule has 1 atom stereocenters. The second kappa shape index (κ2) is 5.30. The molecule has 0 saturated carbocycles. The smallest absolute Gasteiger partial charge is 0.0209 e. The third-order valence-corrected chi connectivity index (χ3v) is 3.52. The van der Waals surface area contributed by atoms with Gasteiger partial charge in [-0.25, -0.2) is 0 Å². The van der Waals surface area contributed by atoms with Gasteiger partial charge in [-0.2, -0.15) is 0 Å². The van der Waals surface area contributed by atoms with Gasteiger partial charge in [0.05, 0.1) is 0 Å². The van der Waals surface area contributed by atoms with Gasteiger partial charge in [-0.1, -0.05) is 35.8 Å². The molecule has 0 saturated heterocycles. The molecule has 1 aliphatic rings. The predicted molar refractivity (Wildman–Crippen MR) is 71.7 cm³/mol. The van der Waals surface area contributed by atoms with E-state index in [0.717, 1.165) is 19.6 Å². The van der Waals surface area contributed by atoms with Crippen LogP contribution in [0.1, 0.15) is 30.9 Å². The van der Waals surface area contributed by atoms with Gasteiger partial charge in [-0.15, -0.1) is 0 Å². The van der Waals surface area contributed by atoms with Crippen LogP contribution < -0.4 is 10.6 Å². The van der Waals surface area contributed by atoms with Crippen LogP contribution >= 0.6 is 15.9 Å². The molecule has 2 N–H and O–H groups in total. The fourth-order valence-corrected chi connectivity index (χ4v) is 2.59. The first-order valence-electron chi connectivity index (χ1n) is 5.89. The molecule has 0 aliphatic carbocycles. The lowest BCUT2D eigenvalue weighted by Crippen LogP contribution is -2.36. The number of hydrogen-bond donors (Lipinski definition) is 2. The van der Waals surface area contributed by atoms with Crippen LogP contribution in [0.2, 0.25) is 0 Å². The Morgan fingerprint density at radius 2 is 2.31 bits per heavy atom. The molecule has 1 aliphatic heterocycles. The maximum absolute atomic E-state index is 3.53. The van der Waals surface area contributed by atoms with Crippen LogP contribution in [0.4, 0.5) is 0 Å². The highest BCUT2D eigenvalue weighted by atomic mass is 79.9. The second-order valence-electron chi connectivity index (χ2n) is 4.73. The average Bonchev–Trinajstić information content (AvgIpc) is 2.25. The van der Waals surface area contributed by atoms with Crippen molar-refractivity contribution in [1.82, 2.24) is 10.6 Å². The molecule has 1 heterocycles. The van der Waals surface area contributed by atoms with Crippen molar-refractivity contribution in [3.05, 3.63) is 33.8 Å². The van der Waals surface area contributed by atoms with Gasteiger partial charge in [0.25, 0.3) is 0 Å². The molecule has 0 aromatic heterocycles. The summed E-state index contributed by atoms with van der Waals surface area (Å²) >= 11 is 3.53. The predicted octanol–water partition coefficient (Wildman–Crippen LogP) is 2.63. The molecule has 0 amide bonds. The van der Waals surface area contributed by atoms with E-state index < -0.39 is 0 Å². The van der Waals surface area contributed by atoms with Gasteiger partial charge < -0.3 is 10.6 Å². The van der Waals surface area contributed by atoms with E-state index in [4.69, 9.17) is 0 Å². The zero-order valence-electron chi connectivity index (χ0n) is 9.89. The van der Waals surface area contributed by atoms with E-state index in [1.165, 1.54) is 15.6 Å². The van der Waals surface area contributed by atoms with E-state index in [2.05, 4.69) is 58.6 Å². The molecule has 0 spiro atoms. The highest BCUT2D eigenvalue weighted by Crippen LogP contribution is 2.26. The van der Waals surface area contributed by atoms with Crippen molar-refractivity contribution in [2.45, 2.75) is 32.4 Å². The lowest BCUT2D eigenvalue weighted by atomic mass is 9.91. The summed E-state index contributed by atoms with van der Waals surface area (Å²) in [6, 6.07) is 7.18. The normalized spacial score (nSPS) is 19.9. The Morgan fingerprint density at radius 1 is 1.50 bits per heavy atom. The summed E-state index contributed by atoms with van der Waals surface area (Å²) in [5.41, 5.74) is 2.92. The fourth-order valence-electron chi connectivity index (χ4n) is 2.18. The molecular weight excluding hydrogens is 264 g/mol. The SMILES string of the molecule is CC(C)NCC1CNCc2cc(Br)ccc21. The Bertz CT molecular complexity index is 363. The zero-order valence-corrected chi connectivity index (χ0v) is 11.5. The van der Waals surface area contributed by atoms with Crippen LogP contribution in [0.15, 0.2) is 22.7 Å². The van der Waals surface area contributed by atoms with E-state index in [-0.39, 0.29) is 0 Å². The molecule has 88 valence electrons. The van der Waals surface area contributed by atoms with Gasteiger partial charge in [-0.3, -0.25) is 0 Å². The van der Waals surface area contributed by atoms with Crippen molar-refractivity contribution >= 4 is 15.9 Å². The third-order valence-electron chi connectivity index (χ3n) is 3.02. The van der Waals surface area contributed by atoms with Crippen molar-refractivity contribution in [2.24, 2.45) is 0 Å². The maximum Gasteiger partial charge on any atom is 0.0209 e. The van der Waals surface area contributed by atoms with Crippen molar-refractivity contribution in [2.75, 3.05) is 13.1 Å². The summed E-state index contributed by atoms with van der Waals surface area (Å²) < 4.78 is 1.17. The molecule has 16 heavy (non-hydrogen) atoms. The Hall–Kier alpha value is -0.380. The third kappa shape index (κ3) is 2.84. The van der Waals surface area contributed by atoms with Crippen LogP contribution in [0.5, 0.6) is 0 Å². The summed E-state index contributed by atoms with van der Waals surface area (Å²) in [4.78, 5) is 0. The minimum absolute atomic E-state index is 0.556. The number of fused-ring (bicyclic) bond motifs is 1. The topological polar surface area (TPSA) is 24.1 Å². The first-order valence-corrected chi connectivity index (χ1v) is 6.68. The number of halogens is 1. The van der Waals surface area contributed by atoms with E-state index in [9.17, 15) is 0 Å². The standard InChI is InChI=1S/C13H19BrN2/c1-9(2)16-8-11-7-15-6-10-5-12(14)3-4-13(10)11/h3-5,9,11,15-16H,6-8H2,1-2H3.